The van der Waals surface area contributed by atoms with Crippen molar-refractivity contribution < 1.29 is 37.0 Å². The fourth-order valence-corrected chi connectivity index (χ4v) is 3.86. The highest BCUT2D eigenvalue weighted by atomic mass is 19.4. The van der Waals surface area contributed by atoms with E-state index in [0.717, 1.165) is 18.2 Å². The lowest BCUT2D eigenvalue weighted by Crippen LogP contribution is -2.51. The lowest BCUT2D eigenvalue weighted by Gasteiger charge is -2.31. The molecule has 0 bridgehead atoms. The van der Waals surface area contributed by atoms with E-state index in [0.29, 0.717) is 11.0 Å². The van der Waals surface area contributed by atoms with Gasteiger partial charge in [0.15, 0.2) is 0 Å². The Labute approximate surface area is 218 Å². The number of H-pyrrole nitrogens is 1. The van der Waals surface area contributed by atoms with E-state index < -0.39 is 48.1 Å². The molecule has 0 fully saturated rings. The minimum absolute atomic E-state index is 0.0259. The molecule has 39 heavy (non-hydrogen) atoms. The number of alkyl halides is 3. The molecule has 10 nitrogen and oxygen atoms in total. The van der Waals surface area contributed by atoms with Crippen molar-refractivity contribution >= 4 is 22.8 Å². The van der Waals surface area contributed by atoms with Crippen LogP contribution >= 0.6 is 0 Å². The van der Waals surface area contributed by atoms with E-state index >= 15 is 0 Å². The zero-order valence-corrected chi connectivity index (χ0v) is 20.3. The highest BCUT2D eigenvalue weighted by Crippen LogP contribution is 2.42. The van der Waals surface area contributed by atoms with Crippen LogP contribution in [0.1, 0.15) is 28.5 Å². The molecule has 4 aromatic rings. The van der Waals surface area contributed by atoms with Crippen molar-refractivity contribution in [3.8, 4) is 17.0 Å². The normalized spacial score (nSPS) is 13.2. The number of rotatable bonds is 9. The number of aromatic amines is 1. The third-order valence-electron chi connectivity index (χ3n) is 5.81. The number of halogens is 4. The SMILES string of the molecule is CCOc1c(CC(N)=O)cc([C@@](O)(CNC(=O)c2ccc3[nH]nnc3c2)C(F)(F)F)nc1-c1ccc(F)cc1. The van der Waals surface area contributed by atoms with Gasteiger partial charge in [-0.05, 0) is 55.5 Å². The van der Waals surface area contributed by atoms with Gasteiger partial charge in [0.1, 0.15) is 22.8 Å². The molecule has 0 spiro atoms. The van der Waals surface area contributed by atoms with Crippen molar-refractivity contribution in [3.63, 3.8) is 0 Å². The molecule has 0 saturated heterocycles. The standard InChI is InChI=1S/C25H22F4N6O4/c1-2-39-22-15(11-20(30)36)10-19(32-21(22)13-3-6-16(26)7-4-13)24(38,25(27,28)29)12-31-23(37)14-5-8-17-18(9-14)34-35-33-17/h3-10,38H,2,11-12H2,1H3,(H2,30,36)(H,31,37)(H,33,34,35)/t24-/m0/s1. The zero-order valence-electron chi connectivity index (χ0n) is 20.3. The van der Waals surface area contributed by atoms with Gasteiger partial charge >= 0.3 is 6.18 Å². The Kier molecular flexibility index (Phi) is 7.49. The summed E-state index contributed by atoms with van der Waals surface area (Å²) in [7, 11) is 0. The van der Waals surface area contributed by atoms with Gasteiger partial charge in [0, 0.05) is 16.7 Å². The number of fused-ring (bicyclic) bond motifs is 1. The van der Waals surface area contributed by atoms with Crippen molar-refractivity contribution in [2.75, 3.05) is 13.2 Å². The van der Waals surface area contributed by atoms with Gasteiger partial charge in [-0.2, -0.15) is 13.2 Å². The minimum Gasteiger partial charge on any atom is -0.491 e. The molecule has 0 aliphatic rings. The maximum atomic E-state index is 14.4. The number of benzene rings is 2. The van der Waals surface area contributed by atoms with Crippen molar-refractivity contribution in [1.29, 1.82) is 0 Å². The molecule has 0 aliphatic carbocycles. The molecule has 0 unspecified atom stereocenters. The number of hydrogen-bond acceptors (Lipinski definition) is 7. The van der Waals surface area contributed by atoms with E-state index in [-0.39, 0.29) is 34.7 Å². The summed E-state index contributed by atoms with van der Waals surface area (Å²) in [5.41, 5.74) is 1.36. The summed E-state index contributed by atoms with van der Waals surface area (Å²) < 4.78 is 62.4. The summed E-state index contributed by atoms with van der Waals surface area (Å²) in [6.45, 7) is 0.330. The molecule has 1 atom stereocenters. The number of hydrogen-bond donors (Lipinski definition) is 4. The molecule has 2 aromatic carbocycles. The molecule has 204 valence electrons. The average molecular weight is 546 g/mol. The molecule has 2 heterocycles. The number of carbonyl (C=O) groups excluding carboxylic acids is 2. The van der Waals surface area contributed by atoms with Crippen molar-refractivity contribution in [3.05, 3.63) is 71.2 Å². The van der Waals surface area contributed by atoms with E-state index in [1.807, 2.05) is 0 Å². The summed E-state index contributed by atoms with van der Waals surface area (Å²) in [5, 5.41) is 23.0. The third-order valence-corrected chi connectivity index (χ3v) is 5.81. The van der Waals surface area contributed by atoms with Gasteiger partial charge in [-0.1, -0.05) is 5.21 Å². The summed E-state index contributed by atoms with van der Waals surface area (Å²) in [6.07, 6.45) is -5.88. The van der Waals surface area contributed by atoms with Crippen LogP contribution in [-0.2, 0) is 16.8 Å². The first-order valence-corrected chi connectivity index (χ1v) is 11.5. The first-order chi connectivity index (χ1) is 18.4. The fraction of sp³-hybridized carbons (Fsp3) is 0.240. The van der Waals surface area contributed by atoms with E-state index in [2.05, 4.69) is 25.7 Å². The number of amides is 2. The van der Waals surface area contributed by atoms with Gasteiger partial charge in [-0.3, -0.25) is 14.7 Å². The Balaban J connectivity index is 1.79. The van der Waals surface area contributed by atoms with Crippen LogP contribution in [-0.4, -0.2) is 56.6 Å². The predicted octanol–water partition coefficient (Wildman–Crippen LogP) is 2.77. The number of primary amides is 1. The van der Waals surface area contributed by atoms with Crippen LogP contribution in [0.2, 0.25) is 0 Å². The number of nitrogens with two attached hydrogens (primary N) is 1. The highest BCUT2D eigenvalue weighted by Gasteiger charge is 2.56. The second kappa shape index (κ2) is 10.6. The smallest absolute Gasteiger partial charge is 0.424 e. The Morgan fingerprint density at radius 2 is 1.85 bits per heavy atom. The number of ether oxygens (including phenoxy) is 1. The molecule has 2 amide bonds. The Morgan fingerprint density at radius 1 is 1.13 bits per heavy atom. The molecule has 5 N–H and O–H groups in total. The van der Waals surface area contributed by atoms with Crippen LogP contribution in [0.5, 0.6) is 5.75 Å². The van der Waals surface area contributed by atoms with Crippen LogP contribution in [0.3, 0.4) is 0 Å². The van der Waals surface area contributed by atoms with Gasteiger partial charge in [0.05, 0.1) is 30.8 Å². The molecule has 0 radical (unpaired) electrons. The number of nitrogens with zero attached hydrogens (tertiary/aromatic N) is 3. The largest absolute Gasteiger partial charge is 0.491 e. The Bertz CT molecular complexity index is 1520. The Morgan fingerprint density at radius 3 is 2.49 bits per heavy atom. The van der Waals surface area contributed by atoms with E-state index in [1.165, 1.54) is 30.3 Å². The van der Waals surface area contributed by atoms with Crippen LogP contribution in [0.4, 0.5) is 17.6 Å². The molecule has 14 heteroatoms. The van der Waals surface area contributed by atoms with Gasteiger partial charge in [0.2, 0.25) is 11.5 Å². The fourth-order valence-electron chi connectivity index (χ4n) is 3.86. The summed E-state index contributed by atoms with van der Waals surface area (Å²) in [5.74, 6) is -2.47. The second-order valence-electron chi connectivity index (χ2n) is 8.51. The Hall–Kier alpha value is -4.59. The molecule has 2 aromatic heterocycles. The molecular formula is C25H22F4N6O4. The third kappa shape index (κ3) is 5.65. The average Bonchev–Trinajstić information content (AvgIpc) is 3.35. The maximum Gasteiger partial charge on any atom is 0.424 e. The molecule has 0 saturated carbocycles. The van der Waals surface area contributed by atoms with Gasteiger partial charge in [-0.25, -0.2) is 9.37 Å². The minimum atomic E-state index is -5.33. The zero-order chi connectivity index (χ0) is 28.4. The van der Waals surface area contributed by atoms with Crippen LogP contribution in [0.15, 0.2) is 48.5 Å². The van der Waals surface area contributed by atoms with Crippen molar-refractivity contribution in [2.24, 2.45) is 5.73 Å². The number of carbonyl (C=O) groups is 2. The quantitative estimate of drug-likeness (QED) is 0.235. The van der Waals surface area contributed by atoms with E-state index in [4.69, 9.17) is 10.5 Å². The molecule has 0 aliphatic heterocycles. The maximum absolute atomic E-state index is 14.4. The summed E-state index contributed by atoms with van der Waals surface area (Å²) in [4.78, 5) is 28.5. The van der Waals surface area contributed by atoms with Gasteiger partial charge in [0.25, 0.3) is 5.91 Å². The van der Waals surface area contributed by atoms with Gasteiger partial charge < -0.3 is 20.9 Å². The monoisotopic (exact) mass is 546 g/mol. The van der Waals surface area contributed by atoms with Crippen LogP contribution in [0.25, 0.3) is 22.3 Å². The summed E-state index contributed by atoms with van der Waals surface area (Å²) >= 11 is 0. The number of aromatic nitrogens is 4. The number of nitrogens with one attached hydrogen (secondary N) is 2. The first kappa shape index (κ1) is 27.4. The lowest BCUT2D eigenvalue weighted by atomic mass is 9.93. The van der Waals surface area contributed by atoms with Crippen LogP contribution in [0, 0.1) is 5.82 Å². The molecular weight excluding hydrogens is 524 g/mol. The predicted molar refractivity (Wildman–Crippen MR) is 130 cm³/mol. The number of aliphatic hydroxyl groups is 1. The first-order valence-electron chi connectivity index (χ1n) is 11.5. The molecule has 4 rings (SSSR count). The van der Waals surface area contributed by atoms with Crippen molar-refractivity contribution in [2.45, 2.75) is 25.1 Å². The number of pyridine rings is 1. The van der Waals surface area contributed by atoms with E-state index in [1.54, 1.807) is 6.92 Å². The second-order valence-corrected chi connectivity index (χ2v) is 8.51. The summed E-state index contributed by atoms with van der Waals surface area (Å²) in [6, 6.07) is 9.62. The highest BCUT2D eigenvalue weighted by molar-refractivity contribution is 5.97. The lowest BCUT2D eigenvalue weighted by molar-refractivity contribution is -0.265. The van der Waals surface area contributed by atoms with Crippen molar-refractivity contribution in [1.82, 2.24) is 25.7 Å². The topological polar surface area (TPSA) is 156 Å². The van der Waals surface area contributed by atoms with Gasteiger partial charge in [-0.15, -0.1) is 5.10 Å². The van der Waals surface area contributed by atoms with E-state index in [9.17, 15) is 32.3 Å². The van der Waals surface area contributed by atoms with Crippen LogP contribution < -0.4 is 15.8 Å².